The minimum Gasteiger partial charge on any atom is -0.392 e. The van der Waals surface area contributed by atoms with Crippen molar-refractivity contribution in [3.05, 3.63) is 28.8 Å². The van der Waals surface area contributed by atoms with E-state index in [1.54, 1.807) is 0 Å². The maximum Gasteiger partial charge on any atom is 0.0702 e. The normalized spacial score (nSPS) is 28.5. The third-order valence-corrected chi connectivity index (χ3v) is 4.35. The first kappa shape index (κ1) is 13.7. The van der Waals surface area contributed by atoms with Crippen molar-refractivity contribution in [2.75, 3.05) is 11.4 Å². The summed E-state index contributed by atoms with van der Waals surface area (Å²) in [6.07, 6.45) is 1.28. The number of hydrogen-bond acceptors (Lipinski definition) is 2. The Bertz CT molecular complexity index is 421. The SMILES string of the molecule is CC1CC(C)C(C)N(c2ccc(Cl)cc2CO)C1. The van der Waals surface area contributed by atoms with Gasteiger partial charge < -0.3 is 10.0 Å². The summed E-state index contributed by atoms with van der Waals surface area (Å²) in [4.78, 5) is 2.42. The fourth-order valence-electron chi connectivity index (χ4n) is 2.99. The van der Waals surface area contributed by atoms with Crippen LogP contribution >= 0.6 is 11.6 Å². The molecule has 1 aromatic carbocycles. The molecule has 1 fully saturated rings. The monoisotopic (exact) mass is 267 g/mol. The number of benzene rings is 1. The minimum absolute atomic E-state index is 0.0435. The first-order chi connectivity index (χ1) is 8.52. The van der Waals surface area contributed by atoms with Crippen LogP contribution in [0.2, 0.25) is 5.02 Å². The summed E-state index contributed by atoms with van der Waals surface area (Å²) in [5, 5.41) is 10.2. The fourth-order valence-corrected chi connectivity index (χ4v) is 3.19. The average molecular weight is 268 g/mol. The molecule has 1 aliphatic heterocycles. The molecule has 1 aliphatic rings. The highest BCUT2D eigenvalue weighted by molar-refractivity contribution is 6.30. The number of aliphatic hydroxyl groups excluding tert-OH is 1. The molecule has 3 atom stereocenters. The molecule has 3 heteroatoms. The third kappa shape index (κ3) is 2.65. The van der Waals surface area contributed by atoms with Crippen molar-refractivity contribution < 1.29 is 5.11 Å². The quantitative estimate of drug-likeness (QED) is 0.883. The van der Waals surface area contributed by atoms with Crippen LogP contribution < -0.4 is 4.90 Å². The summed E-state index contributed by atoms with van der Waals surface area (Å²) in [5.41, 5.74) is 2.06. The lowest BCUT2D eigenvalue weighted by Gasteiger charge is -2.43. The average Bonchev–Trinajstić information content (AvgIpc) is 2.34. The number of piperidine rings is 1. The smallest absolute Gasteiger partial charge is 0.0702 e. The molecule has 2 rings (SSSR count). The Hall–Kier alpha value is -0.730. The van der Waals surface area contributed by atoms with Gasteiger partial charge in [-0.1, -0.05) is 25.4 Å². The van der Waals surface area contributed by atoms with Crippen molar-refractivity contribution in [3.63, 3.8) is 0 Å². The lowest BCUT2D eigenvalue weighted by Crippen LogP contribution is -2.46. The van der Waals surface area contributed by atoms with Gasteiger partial charge in [0.05, 0.1) is 6.61 Å². The molecule has 0 saturated carbocycles. The maximum absolute atomic E-state index is 9.51. The molecule has 1 saturated heterocycles. The zero-order valence-electron chi connectivity index (χ0n) is 11.4. The molecule has 18 heavy (non-hydrogen) atoms. The van der Waals surface area contributed by atoms with Crippen LogP contribution in [0.1, 0.15) is 32.8 Å². The molecule has 0 radical (unpaired) electrons. The van der Waals surface area contributed by atoms with E-state index >= 15 is 0 Å². The topological polar surface area (TPSA) is 23.5 Å². The van der Waals surface area contributed by atoms with Crippen LogP contribution in [0.3, 0.4) is 0 Å². The van der Waals surface area contributed by atoms with Gasteiger partial charge in [-0.3, -0.25) is 0 Å². The molecule has 1 aromatic rings. The van der Waals surface area contributed by atoms with Gasteiger partial charge in [0.2, 0.25) is 0 Å². The molecule has 0 spiro atoms. The highest BCUT2D eigenvalue weighted by Gasteiger charge is 2.29. The van der Waals surface area contributed by atoms with E-state index in [4.69, 9.17) is 11.6 Å². The Morgan fingerprint density at radius 3 is 2.72 bits per heavy atom. The highest BCUT2D eigenvalue weighted by atomic mass is 35.5. The van der Waals surface area contributed by atoms with Crippen LogP contribution in [-0.4, -0.2) is 17.7 Å². The fraction of sp³-hybridized carbons (Fsp3) is 0.600. The molecular weight excluding hydrogens is 246 g/mol. The second kappa shape index (κ2) is 5.50. The highest BCUT2D eigenvalue weighted by Crippen LogP contribution is 2.34. The van der Waals surface area contributed by atoms with Gasteiger partial charge in [0, 0.05) is 28.9 Å². The van der Waals surface area contributed by atoms with Gasteiger partial charge in [-0.15, -0.1) is 0 Å². The van der Waals surface area contributed by atoms with Gasteiger partial charge in [0.25, 0.3) is 0 Å². The Kier molecular flexibility index (Phi) is 4.18. The zero-order valence-corrected chi connectivity index (χ0v) is 12.1. The minimum atomic E-state index is 0.0435. The molecular formula is C15H22ClNO. The van der Waals surface area contributed by atoms with Crippen molar-refractivity contribution in [1.29, 1.82) is 0 Å². The number of halogens is 1. The van der Waals surface area contributed by atoms with Crippen LogP contribution in [-0.2, 0) is 6.61 Å². The number of aliphatic hydroxyl groups is 1. The van der Waals surface area contributed by atoms with E-state index in [-0.39, 0.29) is 6.61 Å². The first-order valence-electron chi connectivity index (χ1n) is 6.68. The summed E-state index contributed by atoms with van der Waals surface area (Å²) in [6.45, 7) is 7.97. The summed E-state index contributed by atoms with van der Waals surface area (Å²) >= 11 is 6.00. The van der Waals surface area contributed by atoms with Crippen LogP contribution in [0.5, 0.6) is 0 Å². The predicted molar refractivity (Wildman–Crippen MR) is 77.1 cm³/mol. The number of hydrogen-bond donors (Lipinski definition) is 1. The molecule has 1 N–H and O–H groups in total. The molecule has 0 aliphatic carbocycles. The van der Waals surface area contributed by atoms with Crippen LogP contribution in [0.25, 0.3) is 0 Å². The van der Waals surface area contributed by atoms with Gasteiger partial charge in [-0.2, -0.15) is 0 Å². The number of rotatable bonds is 2. The molecule has 3 unspecified atom stereocenters. The number of anilines is 1. The molecule has 0 amide bonds. The van der Waals surface area contributed by atoms with Crippen LogP contribution in [0, 0.1) is 11.8 Å². The van der Waals surface area contributed by atoms with E-state index in [1.807, 2.05) is 18.2 Å². The Morgan fingerprint density at radius 1 is 1.33 bits per heavy atom. The van der Waals surface area contributed by atoms with Crippen molar-refractivity contribution in [2.45, 2.75) is 39.8 Å². The van der Waals surface area contributed by atoms with Crippen molar-refractivity contribution in [1.82, 2.24) is 0 Å². The van der Waals surface area contributed by atoms with Crippen LogP contribution in [0.4, 0.5) is 5.69 Å². The standard InChI is InChI=1S/C15H22ClNO/c1-10-6-11(2)12(3)17(8-10)15-5-4-14(16)7-13(15)9-18/h4-5,7,10-12,18H,6,8-9H2,1-3H3. The predicted octanol–water partition coefficient (Wildman–Crippen LogP) is 3.70. The van der Waals surface area contributed by atoms with E-state index < -0.39 is 0 Å². The molecule has 2 nitrogen and oxygen atoms in total. The Balaban J connectivity index is 2.34. The summed E-state index contributed by atoms with van der Waals surface area (Å²) < 4.78 is 0. The molecule has 1 heterocycles. The van der Waals surface area contributed by atoms with E-state index in [0.29, 0.717) is 22.9 Å². The largest absolute Gasteiger partial charge is 0.392 e. The van der Waals surface area contributed by atoms with E-state index in [0.717, 1.165) is 17.8 Å². The van der Waals surface area contributed by atoms with E-state index in [2.05, 4.69) is 25.7 Å². The van der Waals surface area contributed by atoms with Crippen molar-refractivity contribution >= 4 is 17.3 Å². The van der Waals surface area contributed by atoms with E-state index in [9.17, 15) is 5.11 Å². The van der Waals surface area contributed by atoms with Gasteiger partial charge in [0.1, 0.15) is 0 Å². The van der Waals surface area contributed by atoms with Crippen molar-refractivity contribution in [2.24, 2.45) is 11.8 Å². The number of nitrogens with zero attached hydrogens (tertiary/aromatic N) is 1. The molecule has 100 valence electrons. The lowest BCUT2D eigenvalue weighted by molar-refractivity contribution is 0.276. The molecule has 0 bridgehead atoms. The van der Waals surface area contributed by atoms with Crippen LogP contribution in [0.15, 0.2) is 18.2 Å². The first-order valence-corrected chi connectivity index (χ1v) is 7.06. The summed E-state index contributed by atoms with van der Waals surface area (Å²) in [6, 6.07) is 6.32. The lowest BCUT2D eigenvalue weighted by atomic mass is 9.85. The van der Waals surface area contributed by atoms with Gasteiger partial charge in [0.15, 0.2) is 0 Å². The third-order valence-electron chi connectivity index (χ3n) is 4.12. The Labute approximate surface area is 115 Å². The second-order valence-corrected chi connectivity index (χ2v) is 6.08. The second-order valence-electron chi connectivity index (χ2n) is 5.64. The van der Waals surface area contributed by atoms with Gasteiger partial charge in [-0.25, -0.2) is 0 Å². The summed E-state index contributed by atoms with van der Waals surface area (Å²) in [5.74, 6) is 1.37. The maximum atomic E-state index is 9.51. The van der Waals surface area contributed by atoms with E-state index in [1.165, 1.54) is 6.42 Å². The zero-order chi connectivity index (χ0) is 13.3. The van der Waals surface area contributed by atoms with Gasteiger partial charge >= 0.3 is 0 Å². The van der Waals surface area contributed by atoms with Gasteiger partial charge in [-0.05, 0) is 43.4 Å². The summed E-state index contributed by atoms with van der Waals surface area (Å²) in [7, 11) is 0. The molecule has 0 aromatic heterocycles. The Morgan fingerprint density at radius 2 is 2.06 bits per heavy atom. The van der Waals surface area contributed by atoms with Crippen molar-refractivity contribution in [3.8, 4) is 0 Å².